The van der Waals surface area contributed by atoms with E-state index in [1.165, 1.54) is 7.11 Å². The standard InChI is InChI=1S/C12H16O3/c1-15-12(14)9-5-7-10-6-3-2-4-8-11(10)13/h10H,2-4,6-8H2,1H3. The largest absolute Gasteiger partial charge is 0.459 e. The molecule has 0 aromatic heterocycles. The lowest BCUT2D eigenvalue weighted by Gasteiger charge is -2.07. The zero-order chi connectivity index (χ0) is 11.1. The third-order valence-electron chi connectivity index (χ3n) is 2.66. The van der Waals surface area contributed by atoms with Crippen LogP contribution in [0.3, 0.4) is 0 Å². The van der Waals surface area contributed by atoms with Gasteiger partial charge in [0.15, 0.2) is 0 Å². The van der Waals surface area contributed by atoms with Crippen LogP contribution in [0.1, 0.15) is 38.5 Å². The van der Waals surface area contributed by atoms with E-state index in [2.05, 4.69) is 16.6 Å². The Kier molecular flexibility index (Phi) is 4.89. The molecule has 1 aliphatic carbocycles. The second kappa shape index (κ2) is 6.23. The Morgan fingerprint density at radius 3 is 3.00 bits per heavy atom. The van der Waals surface area contributed by atoms with Crippen LogP contribution in [-0.4, -0.2) is 18.9 Å². The van der Waals surface area contributed by atoms with Gasteiger partial charge in [-0.2, -0.15) is 0 Å². The number of ketones is 1. The van der Waals surface area contributed by atoms with Crippen molar-refractivity contribution in [3.63, 3.8) is 0 Å². The summed E-state index contributed by atoms with van der Waals surface area (Å²) in [5.74, 6) is 4.87. The summed E-state index contributed by atoms with van der Waals surface area (Å²) >= 11 is 0. The molecule has 1 rings (SSSR count). The molecular formula is C12H16O3. The van der Waals surface area contributed by atoms with Crippen LogP contribution in [0.15, 0.2) is 0 Å². The Morgan fingerprint density at radius 2 is 2.27 bits per heavy atom. The quantitative estimate of drug-likeness (QED) is 0.285. The molecule has 1 atom stereocenters. The van der Waals surface area contributed by atoms with Crippen LogP contribution in [-0.2, 0) is 14.3 Å². The molecule has 0 aromatic carbocycles. The predicted octanol–water partition coefficient (Wildman–Crippen LogP) is 1.70. The van der Waals surface area contributed by atoms with Crippen molar-refractivity contribution in [2.45, 2.75) is 38.5 Å². The van der Waals surface area contributed by atoms with Gasteiger partial charge in [-0.25, -0.2) is 4.79 Å². The van der Waals surface area contributed by atoms with Gasteiger partial charge in [-0.1, -0.05) is 18.8 Å². The molecule has 0 N–H and O–H groups in total. The Morgan fingerprint density at radius 1 is 1.47 bits per heavy atom. The minimum absolute atomic E-state index is 0.0321. The summed E-state index contributed by atoms with van der Waals surface area (Å²) in [7, 11) is 1.30. The van der Waals surface area contributed by atoms with Crippen LogP contribution in [0.25, 0.3) is 0 Å². The molecule has 0 bridgehead atoms. The summed E-state index contributed by atoms with van der Waals surface area (Å²) in [4.78, 5) is 22.3. The molecule has 0 spiro atoms. The zero-order valence-corrected chi connectivity index (χ0v) is 9.04. The molecular weight excluding hydrogens is 192 g/mol. The molecule has 1 fully saturated rings. The smallest absolute Gasteiger partial charge is 0.384 e. The number of Topliss-reactive ketones (excluding diaryl/α,β-unsaturated/α-hetero) is 1. The van der Waals surface area contributed by atoms with E-state index in [-0.39, 0.29) is 5.92 Å². The van der Waals surface area contributed by atoms with E-state index in [0.717, 1.165) is 25.7 Å². The fourth-order valence-corrected chi connectivity index (χ4v) is 1.75. The molecule has 0 amide bonds. The van der Waals surface area contributed by atoms with E-state index in [1.807, 2.05) is 0 Å². The number of ether oxygens (including phenoxy) is 1. The van der Waals surface area contributed by atoms with Crippen molar-refractivity contribution >= 4 is 11.8 Å². The molecule has 0 heterocycles. The van der Waals surface area contributed by atoms with Gasteiger partial charge in [0.1, 0.15) is 5.78 Å². The zero-order valence-electron chi connectivity index (χ0n) is 9.04. The lowest BCUT2D eigenvalue weighted by Crippen LogP contribution is -2.11. The molecule has 3 heteroatoms. The molecule has 0 aliphatic heterocycles. The number of carbonyl (C=O) groups excluding carboxylic acids is 2. The van der Waals surface area contributed by atoms with Crippen molar-refractivity contribution in [1.29, 1.82) is 0 Å². The normalized spacial score (nSPS) is 21.1. The summed E-state index contributed by atoms with van der Waals surface area (Å²) in [5.41, 5.74) is 0. The molecule has 0 saturated heterocycles. The van der Waals surface area contributed by atoms with Crippen molar-refractivity contribution < 1.29 is 14.3 Å². The lowest BCUT2D eigenvalue weighted by molar-refractivity contribution is -0.133. The Bertz CT molecular complexity index is 296. The molecule has 3 nitrogen and oxygen atoms in total. The van der Waals surface area contributed by atoms with Crippen molar-refractivity contribution in [3.8, 4) is 11.8 Å². The summed E-state index contributed by atoms with van der Waals surface area (Å²) in [6.45, 7) is 0. The van der Waals surface area contributed by atoms with Crippen LogP contribution in [0.5, 0.6) is 0 Å². The van der Waals surface area contributed by atoms with Gasteiger partial charge in [-0.15, -0.1) is 0 Å². The Balaban J connectivity index is 2.44. The maximum absolute atomic E-state index is 11.6. The highest BCUT2D eigenvalue weighted by Gasteiger charge is 2.19. The Labute approximate surface area is 90.2 Å². The first-order chi connectivity index (χ1) is 7.24. The topological polar surface area (TPSA) is 43.4 Å². The number of hydrogen-bond donors (Lipinski definition) is 0. The van der Waals surface area contributed by atoms with Gasteiger partial charge >= 0.3 is 5.97 Å². The highest BCUT2D eigenvalue weighted by atomic mass is 16.5. The predicted molar refractivity (Wildman–Crippen MR) is 56.0 cm³/mol. The van der Waals surface area contributed by atoms with Crippen molar-refractivity contribution in [3.05, 3.63) is 0 Å². The van der Waals surface area contributed by atoms with Crippen LogP contribution in [0.2, 0.25) is 0 Å². The number of hydrogen-bond acceptors (Lipinski definition) is 3. The summed E-state index contributed by atoms with van der Waals surface area (Å²) < 4.78 is 4.39. The van der Waals surface area contributed by atoms with E-state index < -0.39 is 5.97 Å². The highest BCUT2D eigenvalue weighted by Crippen LogP contribution is 2.22. The van der Waals surface area contributed by atoms with E-state index >= 15 is 0 Å². The molecule has 82 valence electrons. The second-order valence-electron chi connectivity index (χ2n) is 3.76. The maximum Gasteiger partial charge on any atom is 0.384 e. The molecule has 0 radical (unpaired) electrons. The van der Waals surface area contributed by atoms with Gasteiger partial charge < -0.3 is 4.74 Å². The SMILES string of the molecule is COC(=O)C#CCC1CCCCCC1=O. The van der Waals surface area contributed by atoms with Gasteiger partial charge in [0.2, 0.25) is 0 Å². The van der Waals surface area contributed by atoms with E-state index in [1.54, 1.807) is 0 Å². The minimum atomic E-state index is -0.531. The number of carbonyl (C=O) groups is 2. The number of rotatable bonds is 1. The van der Waals surface area contributed by atoms with Crippen molar-refractivity contribution in [1.82, 2.24) is 0 Å². The maximum atomic E-state index is 11.6. The second-order valence-corrected chi connectivity index (χ2v) is 3.76. The number of methoxy groups -OCH3 is 1. The van der Waals surface area contributed by atoms with Crippen LogP contribution < -0.4 is 0 Å². The van der Waals surface area contributed by atoms with Gasteiger partial charge in [0.05, 0.1) is 7.11 Å². The number of esters is 1. The summed E-state index contributed by atoms with van der Waals surface area (Å²) in [5, 5.41) is 0. The monoisotopic (exact) mass is 208 g/mol. The van der Waals surface area contributed by atoms with E-state index in [4.69, 9.17) is 0 Å². The van der Waals surface area contributed by atoms with Gasteiger partial charge in [-0.3, -0.25) is 4.79 Å². The highest BCUT2D eigenvalue weighted by molar-refractivity contribution is 5.88. The lowest BCUT2D eigenvalue weighted by atomic mass is 9.96. The van der Waals surface area contributed by atoms with Crippen molar-refractivity contribution in [2.24, 2.45) is 5.92 Å². The minimum Gasteiger partial charge on any atom is -0.459 e. The van der Waals surface area contributed by atoms with Crippen LogP contribution >= 0.6 is 0 Å². The fourth-order valence-electron chi connectivity index (χ4n) is 1.75. The van der Waals surface area contributed by atoms with E-state index in [0.29, 0.717) is 18.6 Å². The first-order valence-corrected chi connectivity index (χ1v) is 5.33. The summed E-state index contributed by atoms with van der Waals surface area (Å²) in [6, 6.07) is 0. The van der Waals surface area contributed by atoms with Gasteiger partial charge in [0, 0.05) is 24.7 Å². The average molecular weight is 208 g/mol. The third-order valence-corrected chi connectivity index (χ3v) is 2.66. The molecule has 1 saturated carbocycles. The fraction of sp³-hybridized carbons (Fsp3) is 0.667. The first kappa shape index (κ1) is 11.8. The molecule has 1 aliphatic rings. The van der Waals surface area contributed by atoms with Crippen molar-refractivity contribution in [2.75, 3.05) is 7.11 Å². The molecule has 0 aromatic rings. The molecule has 15 heavy (non-hydrogen) atoms. The van der Waals surface area contributed by atoms with Crippen LogP contribution in [0, 0.1) is 17.8 Å². The van der Waals surface area contributed by atoms with Gasteiger partial charge in [-0.05, 0) is 12.8 Å². The van der Waals surface area contributed by atoms with Crippen LogP contribution in [0.4, 0.5) is 0 Å². The summed E-state index contributed by atoms with van der Waals surface area (Å²) in [6.07, 6.45) is 5.30. The average Bonchev–Trinajstić information content (AvgIpc) is 2.44. The first-order valence-electron chi connectivity index (χ1n) is 5.33. The third kappa shape index (κ3) is 4.16. The van der Waals surface area contributed by atoms with Gasteiger partial charge in [0.25, 0.3) is 0 Å². The van der Waals surface area contributed by atoms with E-state index in [9.17, 15) is 9.59 Å². The Hall–Kier alpha value is -1.30. The molecule has 1 unspecified atom stereocenters.